The Morgan fingerprint density at radius 1 is 1.26 bits per heavy atom. The van der Waals surface area contributed by atoms with Gasteiger partial charge in [0.25, 0.3) is 0 Å². The van der Waals surface area contributed by atoms with Gasteiger partial charge in [0, 0.05) is 25.0 Å². The first-order valence-electron chi connectivity index (χ1n) is 6.59. The van der Waals surface area contributed by atoms with Gasteiger partial charge in [-0.15, -0.1) is 11.3 Å². The second kappa shape index (κ2) is 6.17. The number of hydrogen-bond donors (Lipinski definition) is 1. The molecule has 0 saturated carbocycles. The lowest BCUT2D eigenvalue weighted by atomic mass is 10.1. The monoisotopic (exact) mass is 275 g/mol. The first-order valence-corrected chi connectivity index (χ1v) is 7.41. The quantitative estimate of drug-likeness (QED) is 0.911. The second-order valence-electron chi connectivity index (χ2n) is 4.77. The molecule has 1 aromatic heterocycles. The molecular weight excluding hydrogens is 254 g/mol. The van der Waals surface area contributed by atoms with E-state index in [0.717, 1.165) is 23.8 Å². The van der Waals surface area contributed by atoms with Gasteiger partial charge in [-0.3, -0.25) is 0 Å². The first kappa shape index (κ1) is 14.0. The van der Waals surface area contributed by atoms with Crippen molar-refractivity contribution < 1.29 is 0 Å². The number of benzene rings is 1. The summed E-state index contributed by atoms with van der Waals surface area (Å²) in [5.74, 6) is 0. The number of aromatic nitrogens is 1. The van der Waals surface area contributed by atoms with E-state index in [2.05, 4.69) is 55.0 Å². The van der Waals surface area contributed by atoms with Crippen molar-refractivity contribution in [2.24, 2.45) is 5.73 Å². The minimum atomic E-state index is 0.583. The molecule has 4 heteroatoms. The van der Waals surface area contributed by atoms with Crippen LogP contribution in [-0.2, 0) is 19.5 Å². The highest BCUT2D eigenvalue weighted by molar-refractivity contribution is 7.15. The van der Waals surface area contributed by atoms with Gasteiger partial charge < -0.3 is 10.6 Å². The van der Waals surface area contributed by atoms with Gasteiger partial charge in [-0.05, 0) is 18.9 Å². The van der Waals surface area contributed by atoms with Crippen LogP contribution in [0.4, 0.5) is 5.13 Å². The Morgan fingerprint density at radius 3 is 2.47 bits per heavy atom. The number of anilines is 1. The molecule has 0 saturated heterocycles. The molecule has 0 spiro atoms. The maximum Gasteiger partial charge on any atom is 0.185 e. The van der Waals surface area contributed by atoms with Crippen molar-refractivity contribution >= 4 is 16.5 Å². The van der Waals surface area contributed by atoms with Gasteiger partial charge >= 0.3 is 0 Å². The largest absolute Gasteiger partial charge is 0.347 e. The zero-order chi connectivity index (χ0) is 13.8. The minimum Gasteiger partial charge on any atom is -0.347 e. The SMILES string of the molecule is CCc1nc(N(C)Cc2ccc(C)cc2)sc1CN. The van der Waals surface area contributed by atoms with E-state index in [0.29, 0.717) is 6.54 Å². The molecule has 2 N–H and O–H groups in total. The fraction of sp³-hybridized carbons (Fsp3) is 0.400. The topological polar surface area (TPSA) is 42.2 Å². The Labute approximate surface area is 119 Å². The summed E-state index contributed by atoms with van der Waals surface area (Å²) in [7, 11) is 2.08. The van der Waals surface area contributed by atoms with Crippen LogP contribution in [0.5, 0.6) is 0 Å². The van der Waals surface area contributed by atoms with Crippen molar-refractivity contribution in [3.05, 3.63) is 46.0 Å². The van der Waals surface area contributed by atoms with E-state index in [1.807, 2.05) is 0 Å². The number of thiazole rings is 1. The van der Waals surface area contributed by atoms with Crippen LogP contribution in [-0.4, -0.2) is 12.0 Å². The molecule has 2 aromatic rings. The number of rotatable bonds is 5. The van der Waals surface area contributed by atoms with Gasteiger partial charge in [0.05, 0.1) is 5.69 Å². The van der Waals surface area contributed by atoms with E-state index in [4.69, 9.17) is 5.73 Å². The number of aryl methyl sites for hydroxylation is 2. The van der Waals surface area contributed by atoms with E-state index < -0.39 is 0 Å². The second-order valence-corrected chi connectivity index (χ2v) is 5.83. The van der Waals surface area contributed by atoms with Crippen LogP contribution < -0.4 is 10.6 Å². The Hall–Kier alpha value is -1.39. The summed E-state index contributed by atoms with van der Waals surface area (Å²) in [6.07, 6.45) is 0.946. The maximum atomic E-state index is 5.76. The third-order valence-electron chi connectivity index (χ3n) is 3.15. The summed E-state index contributed by atoms with van der Waals surface area (Å²) in [4.78, 5) is 8.07. The van der Waals surface area contributed by atoms with Gasteiger partial charge in [-0.1, -0.05) is 36.8 Å². The standard InChI is InChI=1S/C15H21N3S/c1-4-13-14(9-16)19-15(17-13)18(3)10-12-7-5-11(2)6-8-12/h5-8H,4,9-10,16H2,1-3H3. The van der Waals surface area contributed by atoms with E-state index in [-0.39, 0.29) is 0 Å². The minimum absolute atomic E-state index is 0.583. The molecule has 102 valence electrons. The van der Waals surface area contributed by atoms with Crippen molar-refractivity contribution in [1.29, 1.82) is 0 Å². The van der Waals surface area contributed by atoms with Gasteiger partial charge in [0.2, 0.25) is 0 Å². The third kappa shape index (κ3) is 3.33. The fourth-order valence-corrected chi connectivity index (χ4v) is 2.99. The van der Waals surface area contributed by atoms with Crippen molar-refractivity contribution in [3.63, 3.8) is 0 Å². The van der Waals surface area contributed by atoms with Crippen molar-refractivity contribution in [3.8, 4) is 0 Å². The van der Waals surface area contributed by atoms with Crippen LogP contribution in [0.25, 0.3) is 0 Å². The molecular formula is C15H21N3S. The number of hydrogen-bond acceptors (Lipinski definition) is 4. The molecule has 0 bridgehead atoms. The number of nitrogens with two attached hydrogens (primary N) is 1. The van der Waals surface area contributed by atoms with Crippen molar-refractivity contribution in [1.82, 2.24) is 4.98 Å². The molecule has 19 heavy (non-hydrogen) atoms. The van der Waals surface area contributed by atoms with Gasteiger partial charge in [-0.2, -0.15) is 0 Å². The van der Waals surface area contributed by atoms with E-state index in [1.165, 1.54) is 16.0 Å². The molecule has 0 atom stereocenters. The predicted molar refractivity (Wildman–Crippen MR) is 82.7 cm³/mol. The average molecular weight is 275 g/mol. The summed E-state index contributed by atoms with van der Waals surface area (Å²) in [5, 5.41) is 1.05. The van der Waals surface area contributed by atoms with Crippen molar-refractivity contribution in [2.75, 3.05) is 11.9 Å². The molecule has 0 amide bonds. The van der Waals surface area contributed by atoms with Crippen LogP contribution in [0.3, 0.4) is 0 Å². The molecule has 0 aliphatic heterocycles. The average Bonchev–Trinajstić information content (AvgIpc) is 2.84. The summed E-state index contributed by atoms with van der Waals surface area (Å²) < 4.78 is 0. The van der Waals surface area contributed by atoms with Crippen LogP contribution in [0.1, 0.15) is 28.6 Å². The summed E-state index contributed by atoms with van der Waals surface area (Å²) in [6, 6.07) is 8.63. The Bertz CT molecular complexity index is 509. The Kier molecular flexibility index (Phi) is 4.56. The molecule has 1 heterocycles. The Balaban J connectivity index is 2.13. The molecule has 1 aromatic carbocycles. The highest BCUT2D eigenvalue weighted by Gasteiger charge is 2.12. The van der Waals surface area contributed by atoms with Crippen molar-refractivity contribution in [2.45, 2.75) is 33.4 Å². The zero-order valence-corrected chi connectivity index (χ0v) is 12.6. The number of nitrogens with zero attached hydrogens (tertiary/aromatic N) is 2. The van der Waals surface area contributed by atoms with Gasteiger partial charge in [0.1, 0.15) is 0 Å². The van der Waals surface area contributed by atoms with Crippen LogP contribution in [0.2, 0.25) is 0 Å². The van der Waals surface area contributed by atoms with Crippen LogP contribution in [0.15, 0.2) is 24.3 Å². The summed E-state index contributed by atoms with van der Waals surface area (Å²) in [5.41, 5.74) is 9.49. The fourth-order valence-electron chi connectivity index (χ4n) is 2.00. The lowest BCUT2D eigenvalue weighted by Gasteiger charge is -2.15. The van der Waals surface area contributed by atoms with Crippen LogP contribution in [0, 0.1) is 6.92 Å². The van der Waals surface area contributed by atoms with E-state index in [9.17, 15) is 0 Å². The van der Waals surface area contributed by atoms with Crippen LogP contribution >= 0.6 is 11.3 Å². The molecule has 2 rings (SSSR count). The Morgan fingerprint density at radius 2 is 1.95 bits per heavy atom. The molecule has 0 unspecified atom stereocenters. The molecule has 3 nitrogen and oxygen atoms in total. The van der Waals surface area contributed by atoms with Gasteiger partial charge in [-0.25, -0.2) is 4.98 Å². The van der Waals surface area contributed by atoms with Gasteiger partial charge in [0.15, 0.2) is 5.13 Å². The lowest BCUT2D eigenvalue weighted by Crippen LogP contribution is -2.16. The predicted octanol–water partition coefficient (Wildman–Crippen LogP) is 3.11. The van der Waals surface area contributed by atoms with E-state index in [1.54, 1.807) is 11.3 Å². The van der Waals surface area contributed by atoms with E-state index >= 15 is 0 Å². The lowest BCUT2D eigenvalue weighted by molar-refractivity contribution is 0.899. The smallest absolute Gasteiger partial charge is 0.185 e. The summed E-state index contributed by atoms with van der Waals surface area (Å²) in [6.45, 7) is 5.69. The normalized spacial score (nSPS) is 10.7. The highest BCUT2D eigenvalue weighted by atomic mass is 32.1. The first-order chi connectivity index (χ1) is 9.13. The molecule has 0 aliphatic rings. The highest BCUT2D eigenvalue weighted by Crippen LogP contribution is 2.26. The zero-order valence-electron chi connectivity index (χ0n) is 11.8. The summed E-state index contributed by atoms with van der Waals surface area (Å²) >= 11 is 1.70. The molecule has 0 fully saturated rings. The molecule has 0 aliphatic carbocycles. The maximum absolute atomic E-state index is 5.76. The third-order valence-corrected chi connectivity index (χ3v) is 4.39. The molecule has 0 radical (unpaired) electrons.